The lowest BCUT2D eigenvalue weighted by Crippen LogP contribution is -2.30. The number of amides is 1. The molecule has 0 saturated carbocycles. The Kier molecular flexibility index (Phi) is 3.19. The number of benzene rings is 1. The Morgan fingerprint density at radius 2 is 1.94 bits per heavy atom. The van der Waals surface area contributed by atoms with Gasteiger partial charge in [-0.25, -0.2) is 8.42 Å². The zero-order chi connectivity index (χ0) is 12.5. The molecule has 1 aliphatic rings. The molecule has 4 nitrogen and oxygen atoms in total. The van der Waals surface area contributed by atoms with E-state index in [2.05, 4.69) is 0 Å². The van der Waals surface area contributed by atoms with Gasteiger partial charge in [0.25, 0.3) is 0 Å². The largest absolute Gasteiger partial charge is 0.342 e. The Bertz CT molecular complexity index is 510. The van der Waals surface area contributed by atoms with Crippen LogP contribution < -0.4 is 0 Å². The molecule has 0 spiro atoms. The van der Waals surface area contributed by atoms with Crippen LogP contribution >= 0.6 is 0 Å². The topological polar surface area (TPSA) is 54.5 Å². The maximum atomic E-state index is 12.3. The number of sulfone groups is 1. The van der Waals surface area contributed by atoms with E-state index in [0.717, 1.165) is 0 Å². The van der Waals surface area contributed by atoms with Crippen molar-refractivity contribution < 1.29 is 13.2 Å². The van der Waals surface area contributed by atoms with E-state index >= 15 is 0 Å². The highest BCUT2D eigenvalue weighted by Crippen LogP contribution is 2.23. The first-order chi connectivity index (χ1) is 8.01. The van der Waals surface area contributed by atoms with E-state index < -0.39 is 15.1 Å². The van der Waals surface area contributed by atoms with Crippen LogP contribution in [0.4, 0.5) is 0 Å². The predicted octanol–water partition coefficient (Wildman–Crippen LogP) is 1.08. The fourth-order valence-electron chi connectivity index (χ4n) is 2.07. The summed E-state index contributed by atoms with van der Waals surface area (Å²) in [6.07, 6.45) is 0.525. The molecule has 0 N–H and O–H groups in total. The van der Waals surface area contributed by atoms with Crippen molar-refractivity contribution in [2.24, 2.45) is 0 Å². The first kappa shape index (κ1) is 12.1. The van der Waals surface area contributed by atoms with Crippen molar-refractivity contribution in [3.05, 3.63) is 30.3 Å². The Morgan fingerprint density at radius 1 is 1.29 bits per heavy atom. The van der Waals surface area contributed by atoms with Crippen LogP contribution in [0.1, 0.15) is 13.3 Å². The zero-order valence-corrected chi connectivity index (χ0v) is 10.5. The highest BCUT2D eigenvalue weighted by atomic mass is 32.2. The smallest absolute Gasteiger partial charge is 0.219 e. The highest BCUT2D eigenvalue weighted by Gasteiger charge is 2.34. The van der Waals surface area contributed by atoms with Crippen LogP contribution in [0.3, 0.4) is 0 Å². The Hall–Kier alpha value is -1.36. The number of nitrogens with zero attached hydrogens (tertiary/aromatic N) is 1. The summed E-state index contributed by atoms with van der Waals surface area (Å²) in [7, 11) is -3.30. The number of carbonyl (C=O) groups excluding carboxylic acids is 1. The van der Waals surface area contributed by atoms with Crippen molar-refractivity contribution >= 4 is 15.7 Å². The summed E-state index contributed by atoms with van der Waals surface area (Å²) in [4.78, 5) is 13.1. The molecule has 1 aliphatic heterocycles. The molecule has 1 aromatic rings. The molecule has 1 amide bonds. The van der Waals surface area contributed by atoms with Crippen LogP contribution in [0.25, 0.3) is 0 Å². The summed E-state index contributed by atoms with van der Waals surface area (Å²) in [5, 5.41) is -0.464. The lowest BCUT2D eigenvalue weighted by atomic mass is 10.4. The van der Waals surface area contributed by atoms with Crippen LogP contribution in [-0.4, -0.2) is 37.6 Å². The van der Waals surface area contributed by atoms with Crippen LogP contribution in [0.2, 0.25) is 0 Å². The molecule has 5 heteroatoms. The highest BCUT2D eigenvalue weighted by molar-refractivity contribution is 7.92. The second-order valence-corrected chi connectivity index (χ2v) is 6.46. The quantitative estimate of drug-likeness (QED) is 0.792. The molecule has 2 rings (SSSR count). The van der Waals surface area contributed by atoms with Gasteiger partial charge in [-0.05, 0) is 18.6 Å². The Morgan fingerprint density at radius 3 is 2.47 bits per heavy atom. The maximum Gasteiger partial charge on any atom is 0.219 e. The summed E-state index contributed by atoms with van der Waals surface area (Å²) in [5.74, 6) is -0.0595. The molecule has 1 saturated heterocycles. The van der Waals surface area contributed by atoms with Gasteiger partial charge in [0.1, 0.15) is 0 Å². The summed E-state index contributed by atoms with van der Waals surface area (Å²) in [5.41, 5.74) is 0. The second-order valence-electron chi connectivity index (χ2n) is 4.23. The van der Waals surface area contributed by atoms with Gasteiger partial charge in [-0.15, -0.1) is 0 Å². The third-order valence-corrected chi connectivity index (χ3v) is 5.29. The molecule has 0 radical (unpaired) electrons. The average Bonchev–Trinajstić information content (AvgIpc) is 2.80. The van der Waals surface area contributed by atoms with Crippen molar-refractivity contribution in [2.75, 3.05) is 13.1 Å². The molecule has 0 unspecified atom stereocenters. The van der Waals surface area contributed by atoms with Crippen LogP contribution in [-0.2, 0) is 14.6 Å². The summed E-state index contributed by atoms with van der Waals surface area (Å²) in [6.45, 7) is 2.32. The minimum atomic E-state index is -3.30. The molecule has 92 valence electrons. The van der Waals surface area contributed by atoms with Crippen molar-refractivity contribution in [1.82, 2.24) is 4.90 Å². The van der Waals surface area contributed by atoms with Gasteiger partial charge in [-0.1, -0.05) is 18.2 Å². The molecule has 1 heterocycles. The van der Waals surface area contributed by atoms with Crippen molar-refractivity contribution in [3.8, 4) is 0 Å². The third kappa shape index (κ3) is 2.34. The monoisotopic (exact) mass is 253 g/mol. The van der Waals surface area contributed by atoms with Crippen molar-refractivity contribution in [2.45, 2.75) is 23.5 Å². The predicted molar refractivity (Wildman–Crippen MR) is 64.3 cm³/mol. The van der Waals surface area contributed by atoms with Gasteiger partial charge in [-0.3, -0.25) is 4.79 Å². The van der Waals surface area contributed by atoms with Crippen molar-refractivity contribution in [3.63, 3.8) is 0 Å². The van der Waals surface area contributed by atoms with E-state index in [0.29, 0.717) is 24.4 Å². The van der Waals surface area contributed by atoms with E-state index in [1.165, 1.54) is 6.92 Å². The Labute approximate surface area is 101 Å². The molecular formula is C12H15NO3S. The van der Waals surface area contributed by atoms with Gasteiger partial charge in [0.2, 0.25) is 5.91 Å². The van der Waals surface area contributed by atoms with E-state index in [-0.39, 0.29) is 5.91 Å². The first-order valence-electron chi connectivity index (χ1n) is 5.56. The average molecular weight is 253 g/mol. The number of hydrogen-bond acceptors (Lipinski definition) is 3. The van der Waals surface area contributed by atoms with Gasteiger partial charge in [0.05, 0.1) is 10.1 Å². The SMILES string of the molecule is CC(=O)N1CC[C@@H](S(=O)(=O)c2ccccc2)C1. The van der Waals surface area contributed by atoms with E-state index in [9.17, 15) is 13.2 Å². The number of carbonyl (C=O) groups is 1. The van der Waals surface area contributed by atoms with Crippen LogP contribution in [0, 0.1) is 0 Å². The lowest BCUT2D eigenvalue weighted by molar-refractivity contribution is -0.127. The van der Waals surface area contributed by atoms with E-state index in [4.69, 9.17) is 0 Å². The third-order valence-electron chi connectivity index (χ3n) is 3.10. The molecule has 1 aromatic carbocycles. The van der Waals surface area contributed by atoms with Crippen LogP contribution in [0.5, 0.6) is 0 Å². The molecule has 1 fully saturated rings. The molecule has 0 aliphatic carbocycles. The molecule has 0 aromatic heterocycles. The summed E-state index contributed by atoms with van der Waals surface area (Å²) in [6, 6.07) is 8.42. The summed E-state index contributed by atoms with van der Waals surface area (Å²) < 4.78 is 24.5. The van der Waals surface area contributed by atoms with Gasteiger partial charge >= 0.3 is 0 Å². The molecule has 1 atom stereocenters. The standard InChI is InChI=1S/C12H15NO3S/c1-10(14)13-8-7-12(9-13)17(15,16)11-5-3-2-4-6-11/h2-6,12H,7-9H2,1H3/t12-/m1/s1. The minimum Gasteiger partial charge on any atom is -0.342 e. The van der Waals surface area contributed by atoms with Crippen molar-refractivity contribution in [1.29, 1.82) is 0 Å². The van der Waals surface area contributed by atoms with Gasteiger partial charge < -0.3 is 4.90 Å². The molecular weight excluding hydrogens is 238 g/mol. The fourth-order valence-corrected chi connectivity index (χ4v) is 3.78. The molecule has 0 bridgehead atoms. The Balaban J connectivity index is 2.22. The second kappa shape index (κ2) is 4.49. The zero-order valence-electron chi connectivity index (χ0n) is 9.67. The maximum absolute atomic E-state index is 12.3. The van der Waals surface area contributed by atoms with E-state index in [1.807, 2.05) is 0 Å². The number of likely N-dealkylation sites (tertiary alicyclic amines) is 1. The minimum absolute atomic E-state index is 0.0595. The van der Waals surface area contributed by atoms with Gasteiger partial charge in [0, 0.05) is 20.0 Å². The lowest BCUT2D eigenvalue weighted by Gasteiger charge is -2.14. The molecule has 17 heavy (non-hydrogen) atoms. The number of rotatable bonds is 2. The van der Waals surface area contributed by atoms with Crippen LogP contribution in [0.15, 0.2) is 35.2 Å². The first-order valence-corrected chi connectivity index (χ1v) is 7.11. The normalized spacial score (nSPS) is 20.5. The van der Waals surface area contributed by atoms with E-state index in [1.54, 1.807) is 35.2 Å². The fraction of sp³-hybridized carbons (Fsp3) is 0.417. The van der Waals surface area contributed by atoms with Gasteiger partial charge in [0.15, 0.2) is 9.84 Å². The van der Waals surface area contributed by atoms with Gasteiger partial charge in [-0.2, -0.15) is 0 Å². The summed E-state index contributed by atoms with van der Waals surface area (Å²) >= 11 is 0. The number of hydrogen-bond donors (Lipinski definition) is 0.